The zero-order valence-corrected chi connectivity index (χ0v) is 14.4. The molecule has 2 atom stereocenters. The number of esters is 2. The van der Waals surface area contributed by atoms with Crippen molar-refractivity contribution in [2.24, 2.45) is 5.92 Å². The Labute approximate surface area is 142 Å². The molecule has 0 aliphatic carbocycles. The van der Waals surface area contributed by atoms with Crippen molar-refractivity contribution in [3.8, 4) is 0 Å². The van der Waals surface area contributed by atoms with E-state index >= 15 is 0 Å². The van der Waals surface area contributed by atoms with Crippen molar-refractivity contribution in [3.63, 3.8) is 0 Å². The third kappa shape index (κ3) is 5.20. The van der Waals surface area contributed by atoms with Gasteiger partial charge in [-0.15, -0.1) is 0 Å². The molecule has 1 aliphatic heterocycles. The van der Waals surface area contributed by atoms with Crippen LogP contribution in [0, 0.1) is 5.92 Å². The number of benzene rings is 1. The lowest BCUT2D eigenvalue weighted by molar-refractivity contribution is -0.154. The van der Waals surface area contributed by atoms with E-state index in [9.17, 15) is 9.59 Å². The first-order valence-electron chi connectivity index (χ1n) is 8.22. The Morgan fingerprint density at radius 1 is 1.25 bits per heavy atom. The molecule has 1 unspecified atom stereocenters. The summed E-state index contributed by atoms with van der Waals surface area (Å²) in [5, 5.41) is 0. The zero-order valence-electron chi connectivity index (χ0n) is 14.4. The maximum atomic E-state index is 12.5. The summed E-state index contributed by atoms with van der Waals surface area (Å²) in [5.74, 6) is -0.582. The molecule has 1 saturated heterocycles. The highest BCUT2D eigenvalue weighted by molar-refractivity contribution is 5.95. The van der Waals surface area contributed by atoms with E-state index in [2.05, 4.69) is 0 Å². The fourth-order valence-corrected chi connectivity index (χ4v) is 2.40. The standard InChI is InChI=1S/C19H24O5/c1-13(2)12-23-18-14(3)24-17(20)9-10-22-19(21)16(18)11-15-7-5-4-6-8-15/h4-8,11,13-14,18H,9-10,12H2,1-3H3/b16-11+/t14-,18?/m0/s1. The van der Waals surface area contributed by atoms with E-state index in [1.165, 1.54) is 0 Å². The van der Waals surface area contributed by atoms with Crippen molar-refractivity contribution in [3.05, 3.63) is 41.5 Å². The number of hydrogen-bond donors (Lipinski definition) is 0. The Balaban J connectivity index is 2.37. The second kappa shape index (κ2) is 8.64. The van der Waals surface area contributed by atoms with Crippen LogP contribution in [0.4, 0.5) is 0 Å². The molecular formula is C19H24O5. The van der Waals surface area contributed by atoms with Crippen molar-refractivity contribution in [1.82, 2.24) is 0 Å². The second-order valence-corrected chi connectivity index (χ2v) is 6.24. The van der Waals surface area contributed by atoms with Gasteiger partial charge in [0, 0.05) is 6.61 Å². The van der Waals surface area contributed by atoms with Crippen molar-refractivity contribution < 1.29 is 23.8 Å². The Morgan fingerprint density at radius 2 is 1.96 bits per heavy atom. The van der Waals surface area contributed by atoms with Crippen LogP contribution < -0.4 is 0 Å². The minimum Gasteiger partial charge on any atom is -0.462 e. The van der Waals surface area contributed by atoms with Gasteiger partial charge in [-0.3, -0.25) is 4.79 Å². The molecule has 5 heteroatoms. The molecule has 0 bridgehead atoms. The second-order valence-electron chi connectivity index (χ2n) is 6.24. The normalized spacial score (nSPS) is 24.1. The molecule has 1 fully saturated rings. The summed E-state index contributed by atoms with van der Waals surface area (Å²) in [6, 6.07) is 9.47. The molecule has 2 rings (SSSR count). The first-order chi connectivity index (χ1) is 11.5. The Hall–Kier alpha value is -2.14. The molecule has 24 heavy (non-hydrogen) atoms. The molecule has 1 aliphatic rings. The summed E-state index contributed by atoms with van der Waals surface area (Å²) in [5.41, 5.74) is 1.23. The van der Waals surface area contributed by atoms with Crippen molar-refractivity contribution in [1.29, 1.82) is 0 Å². The van der Waals surface area contributed by atoms with Gasteiger partial charge in [0.15, 0.2) is 0 Å². The average Bonchev–Trinajstić information content (AvgIpc) is 2.58. The Kier molecular flexibility index (Phi) is 6.55. The van der Waals surface area contributed by atoms with Gasteiger partial charge in [-0.05, 0) is 24.5 Å². The van der Waals surface area contributed by atoms with Crippen LogP contribution in [-0.4, -0.2) is 37.4 Å². The molecule has 0 radical (unpaired) electrons. The van der Waals surface area contributed by atoms with Gasteiger partial charge >= 0.3 is 11.9 Å². The average molecular weight is 332 g/mol. The van der Waals surface area contributed by atoms with Crippen molar-refractivity contribution >= 4 is 18.0 Å². The van der Waals surface area contributed by atoms with Crippen LogP contribution in [-0.2, 0) is 23.8 Å². The van der Waals surface area contributed by atoms with Crippen LogP contribution in [0.2, 0.25) is 0 Å². The number of rotatable bonds is 4. The Morgan fingerprint density at radius 3 is 2.62 bits per heavy atom. The number of ether oxygens (including phenoxy) is 3. The summed E-state index contributed by atoms with van der Waals surface area (Å²) < 4.78 is 16.5. The summed E-state index contributed by atoms with van der Waals surface area (Å²) in [6.07, 6.45) is 0.549. The number of carbonyl (C=O) groups is 2. The number of cyclic esters (lactones) is 2. The third-order valence-electron chi connectivity index (χ3n) is 3.56. The molecule has 130 valence electrons. The lowest BCUT2D eigenvalue weighted by atomic mass is 10.0. The van der Waals surface area contributed by atoms with Crippen LogP contribution >= 0.6 is 0 Å². The minimum atomic E-state index is -0.665. The number of carbonyl (C=O) groups excluding carboxylic acids is 2. The monoisotopic (exact) mass is 332 g/mol. The molecule has 0 N–H and O–H groups in total. The van der Waals surface area contributed by atoms with Crippen LogP contribution in [0.1, 0.15) is 32.8 Å². The number of hydrogen-bond acceptors (Lipinski definition) is 5. The Bertz CT molecular complexity index is 591. The van der Waals surface area contributed by atoms with Crippen LogP contribution in [0.3, 0.4) is 0 Å². The summed E-state index contributed by atoms with van der Waals surface area (Å²) in [4.78, 5) is 24.3. The van der Waals surface area contributed by atoms with Gasteiger partial charge in [0.25, 0.3) is 0 Å². The van der Waals surface area contributed by atoms with Crippen LogP contribution in [0.5, 0.6) is 0 Å². The predicted octanol–water partition coefficient (Wildman–Crippen LogP) is 2.99. The van der Waals surface area contributed by atoms with Gasteiger partial charge in [0.05, 0.1) is 12.0 Å². The quantitative estimate of drug-likeness (QED) is 0.626. The van der Waals surface area contributed by atoms with Crippen LogP contribution in [0.25, 0.3) is 6.08 Å². The molecule has 1 aromatic carbocycles. The van der Waals surface area contributed by atoms with E-state index in [1.807, 2.05) is 44.2 Å². The lowest BCUT2D eigenvalue weighted by Gasteiger charge is -2.25. The van der Waals surface area contributed by atoms with E-state index in [-0.39, 0.29) is 18.9 Å². The topological polar surface area (TPSA) is 61.8 Å². The van der Waals surface area contributed by atoms with E-state index in [0.29, 0.717) is 12.2 Å². The molecular weight excluding hydrogens is 308 g/mol. The minimum absolute atomic E-state index is 0.00736. The molecule has 1 aromatic rings. The van der Waals surface area contributed by atoms with Crippen molar-refractivity contribution in [2.45, 2.75) is 39.4 Å². The van der Waals surface area contributed by atoms with Crippen molar-refractivity contribution in [2.75, 3.05) is 13.2 Å². The first-order valence-corrected chi connectivity index (χ1v) is 8.22. The molecule has 0 spiro atoms. The summed E-state index contributed by atoms with van der Waals surface area (Å²) in [7, 11) is 0. The van der Waals surface area contributed by atoms with Crippen LogP contribution in [0.15, 0.2) is 35.9 Å². The van der Waals surface area contributed by atoms with E-state index < -0.39 is 24.1 Å². The molecule has 0 aromatic heterocycles. The van der Waals surface area contributed by atoms with Gasteiger partial charge in [-0.25, -0.2) is 4.79 Å². The molecule has 1 heterocycles. The van der Waals surface area contributed by atoms with Gasteiger partial charge in [-0.2, -0.15) is 0 Å². The highest BCUT2D eigenvalue weighted by atomic mass is 16.6. The maximum Gasteiger partial charge on any atom is 0.336 e. The summed E-state index contributed by atoms with van der Waals surface area (Å²) >= 11 is 0. The highest BCUT2D eigenvalue weighted by Crippen LogP contribution is 2.22. The highest BCUT2D eigenvalue weighted by Gasteiger charge is 2.32. The SMILES string of the molecule is CC(C)COC1/C(=C\c2ccccc2)C(=O)OCCC(=O)O[C@H]1C. The lowest BCUT2D eigenvalue weighted by Crippen LogP contribution is -2.35. The first kappa shape index (κ1) is 18.2. The third-order valence-corrected chi connectivity index (χ3v) is 3.56. The molecule has 0 amide bonds. The fraction of sp³-hybridized carbons (Fsp3) is 0.474. The fourth-order valence-electron chi connectivity index (χ4n) is 2.40. The smallest absolute Gasteiger partial charge is 0.336 e. The van der Waals surface area contributed by atoms with E-state index in [4.69, 9.17) is 14.2 Å². The van der Waals surface area contributed by atoms with Gasteiger partial charge in [-0.1, -0.05) is 44.2 Å². The predicted molar refractivity (Wildman–Crippen MR) is 90.1 cm³/mol. The zero-order chi connectivity index (χ0) is 17.5. The molecule has 5 nitrogen and oxygen atoms in total. The van der Waals surface area contributed by atoms with Gasteiger partial charge in [0.2, 0.25) is 0 Å². The molecule has 0 saturated carbocycles. The van der Waals surface area contributed by atoms with Gasteiger partial charge in [0.1, 0.15) is 18.8 Å². The largest absolute Gasteiger partial charge is 0.462 e. The van der Waals surface area contributed by atoms with Gasteiger partial charge < -0.3 is 14.2 Å². The maximum absolute atomic E-state index is 12.5. The van der Waals surface area contributed by atoms with E-state index in [1.54, 1.807) is 13.0 Å². The van der Waals surface area contributed by atoms with E-state index in [0.717, 1.165) is 5.56 Å². The summed E-state index contributed by atoms with van der Waals surface area (Å²) in [6.45, 7) is 6.23.